The van der Waals surface area contributed by atoms with E-state index in [1.807, 2.05) is 50.3 Å². The van der Waals surface area contributed by atoms with Gasteiger partial charge in [0, 0.05) is 0 Å². The number of hydrogen-bond donors (Lipinski definition) is 0. The minimum absolute atomic E-state index is 1.20. The van der Waals surface area contributed by atoms with E-state index >= 15 is 0 Å². The van der Waals surface area contributed by atoms with Crippen molar-refractivity contribution in [3.63, 3.8) is 0 Å². The van der Waals surface area contributed by atoms with Crippen LogP contribution in [0.25, 0.3) is 0 Å². The molecule has 0 heteroatoms. The van der Waals surface area contributed by atoms with E-state index in [1.54, 1.807) is 12.2 Å². The van der Waals surface area contributed by atoms with Crippen LogP contribution in [0.1, 0.15) is 40.0 Å². The predicted molar refractivity (Wildman–Crippen MR) is 88.9 cm³/mol. The lowest BCUT2D eigenvalue weighted by molar-refractivity contribution is 0.815. The van der Waals surface area contributed by atoms with Crippen LogP contribution in [0.5, 0.6) is 0 Å². The van der Waals surface area contributed by atoms with Gasteiger partial charge in [-0.05, 0) is 20.3 Å². The van der Waals surface area contributed by atoms with E-state index in [2.05, 4.69) is 32.7 Å². The van der Waals surface area contributed by atoms with Crippen LogP contribution in [0.15, 0.2) is 74.4 Å². The van der Waals surface area contributed by atoms with Gasteiger partial charge < -0.3 is 0 Å². The van der Waals surface area contributed by atoms with Crippen molar-refractivity contribution < 1.29 is 0 Å². The minimum Gasteiger partial charge on any atom is -0.0991 e. The molecular weight excluding hydrogens is 216 g/mol. The molecule has 0 saturated carbocycles. The third kappa shape index (κ3) is 47.1. The summed E-state index contributed by atoms with van der Waals surface area (Å²) in [6.07, 6.45) is 20.9. The van der Waals surface area contributed by atoms with Gasteiger partial charge in [0.25, 0.3) is 0 Å². The molecule has 0 aromatic carbocycles. The Morgan fingerprint density at radius 3 is 1.44 bits per heavy atom. The van der Waals surface area contributed by atoms with Crippen LogP contribution in [0, 0.1) is 0 Å². The van der Waals surface area contributed by atoms with Crippen LogP contribution in [0.4, 0.5) is 0 Å². The Morgan fingerprint density at radius 2 is 1.22 bits per heavy atom. The van der Waals surface area contributed by atoms with Crippen molar-refractivity contribution in [3.8, 4) is 0 Å². The van der Waals surface area contributed by atoms with Crippen molar-refractivity contribution in [1.29, 1.82) is 0 Å². The highest BCUT2D eigenvalue weighted by molar-refractivity contribution is 4.96. The molecule has 18 heavy (non-hydrogen) atoms. The van der Waals surface area contributed by atoms with Gasteiger partial charge >= 0.3 is 0 Å². The van der Waals surface area contributed by atoms with Crippen molar-refractivity contribution in [1.82, 2.24) is 0 Å². The lowest BCUT2D eigenvalue weighted by atomic mass is 10.2. The van der Waals surface area contributed by atoms with Crippen LogP contribution < -0.4 is 0 Å². The summed E-state index contributed by atoms with van der Waals surface area (Å²) >= 11 is 0. The molecule has 0 aliphatic heterocycles. The third-order valence-electron chi connectivity index (χ3n) is 1.65. The van der Waals surface area contributed by atoms with Gasteiger partial charge in [-0.1, -0.05) is 94.2 Å². The van der Waals surface area contributed by atoms with Crippen LogP contribution in [-0.4, -0.2) is 0 Å². The molecule has 0 spiro atoms. The van der Waals surface area contributed by atoms with E-state index in [0.29, 0.717) is 0 Å². The first kappa shape index (κ1) is 21.7. The first-order valence-electron chi connectivity index (χ1n) is 6.49. The molecule has 0 fully saturated rings. The Hall–Kier alpha value is -1.56. The summed E-state index contributed by atoms with van der Waals surface area (Å²) in [5, 5.41) is 0. The zero-order chi connectivity index (χ0) is 14.5. The molecule has 0 aliphatic carbocycles. The van der Waals surface area contributed by atoms with Gasteiger partial charge in [-0.2, -0.15) is 0 Å². The van der Waals surface area contributed by atoms with Crippen LogP contribution in [0.3, 0.4) is 0 Å². The number of allylic oxidation sites excluding steroid dienone is 9. The average molecular weight is 246 g/mol. The molecule has 0 saturated heterocycles. The number of unbranched alkanes of at least 4 members (excludes halogenated alkanes) is 2. The van der Waals surface area contributed by atoms with Crippen LogP contribution in [0.2, 0.25) is 0 Å². The molecule has 0 aromatic rings. The molecule has 0 atom stereocenters. The molecule has 0 aliphatic rings. The van der Waals surface area contributed by atoms with E-state index in [-0.39, 0.29) is 0 Å². The smallest absolute Gasteiger partial charge is 0.0348 e. The molecule has 0 rings (SSSR count). The zero-order valence-electron chi connectivity index (χ0n) is 12.4. The van der Waals surface area contributed by atoms with Crippen molar-refractivity contribution in [2.24, 2.45) is 0 Å². The fraction of sp³-hybridized carbons (Fsp3) is 0.333. The molecule has 0 heterocycles. The highest BCUT2D eigenvalue weighted by Crippen LogP contribution is 1.93. The van der Waals surface area contributed by atoms with Gasteiger partial charge in [-0.25, -0.2) is 0 Å². The van der Waals surface area contributed by atoms with Gasteiger partial charge in [-0.15, -0.1) is 0 Å². The minimum atomic E-state index is 1.20. The number of hydrogen-bond acceptors (Lipinski definition) is 0. The summed E-state index contributed by atoms with van der Waals surface area (Å²) in [5.41, 5.74) is 0. The summed E-state index contributed by atoms with van der Waals surface area (Å²) in [4.78, 5) is 0. The molecule has 102 valence electrons. The SMILES string of the molecule is C=CC=CC.C=CC=CC.C=CC=CCCCC. The van der Waals surface area contributed by atoms with E-state index in [4.69, 9.17) is 0 Å². The summed E-state index contributed by atoms with van der Waals surface area (Å²) in [5.74, 6) is 0. The Bertz CT molecular complexity index is 223. The maximum atomic E-state index is 3.57. The lowest BCUT2D eigenvalue weighted by Crippen LogP contribution is -1.64. The zero-order valence-corrected chi connectivity index (χ0v) is 12.4. The van der Waals surface area contributed by atoms with Gasteiger partial charge in [0.1, 0.15) is 0 Å². The van der Waals surface area contributed by atoms with Gasteiger partial charge in [-0.3, -0.25) is 0 Å². The van der Waals surface area contributed by atoms with Gasteiger partial charge in [0.15, 0.2) is 0 Å². The Kier molecular flexibility index (Phi) is 35.6. The molecule has 0 radical (unpaired) electrons. The quantitative estimate of drug-likeness (QED) is 0.375. The highest BCUT2D eigenvalue weighted by Gasteiger charge is 1.73. The average Bonchev–Trinajstić information content (AvgIpc) is 2.38. The fourth-order valence-electron chi connectivity index (χ4n) is 0.787. The van der Waals surface area contributed by atoms with Crippen LogP contribution >= 0.6 is 0 Å². The second-order valence-electron chi connectivity index (χ2n) is 3.33. The Morgan fingerprint density at radius 1 is 0.778 bits per heavy atom. The van der Waals surface area contributed by atoms with Crippen LogP contribution in [-0.2, 0) is 0 Å². The van der Waals surface area contributed by atoms with Crippen molar-refractivity contribution in [3.05, 3.63) is 74.4 Å². The first-order chi connectivity index (χ1) is 8.74. The maximum Gasteiger partial charge on any atom is -0.0348 e. The van der Waals surface area contributed by atoms with Gasteiger partial charge in [0.2, 0.25) is 0 Å². The molecule has 0 N–H and O–H groups in total. The first-order valence-corrected chi connectivity index (χ1v) is 6.49. The Balaban J connectivity index is -0.000000197. The van der Waals surface area contributed by atoms with Crippen molar-refractivity contribution in [2.75, 3.05) is 0 Å². The topological polar surface area (TPSA) is 0 Å². The highest BCUT2D eigenvalue weighted by atomic mass is 13.8. The van der Waals surface area contributed by atoms with Crippen molar-refractivity contribution in [2.45, 2.75) is 40.0 Å². The van der Waals surface area contributed by atoms with Crippen molar-refractivity contribution >= 4 is 0 Å². The van der Waals surface area contributed by atoms with E-state index in [9.17, 15) is 0 Å². The molecule has 0 bridgehead atoms. The lowest BCUT2D eigenvalue weighted by Gasteiger charge is -1.84. The number of rotatable bonds is 6. The summed E-state index contributed by atoms with van der Waals surface area (Å²) in [6.45, 7) is 16.6. The van der Waals surface area contributed by atoms with E-state index < -0.39 is 0 Å². The third-order valence-corrected chi connectivity index (χ3v) is 1.65. The largest absolute Gasteiger partial charge is 0.0991 e. The molecule has 0 nitrogen and oxygen atoms in total. The summed E-state index contributed by atoms with van der Waals surface area (Å²) in [6, 6.07) is 0. The fourth-order valence-corrected chi connectivity index (χ4v) is 0.787. The predicted octanol–water partition coefficient (Wildman–Crippen LogP) is 6.42. The Labute approximate surface area is 115 Å². The second kappa shape index (κ2) is 29.5. The molecule has 0 unspecified atom stereocenters. The second-order valence-corrected chi connectivity index (χ2v) is 3.33. The standard InChI is InChI=1S/C8H14.2C5H8/c1-3-5-7-8-6-4-2;2*1-3-5-4-2/h3,5,7H,1,4,6,8H2,2H3;2*3-5H,1H2,2H3. The normalized spacial score (nSPS) is 9.50. The summed E-state index contributed by atoms with van der Waals surface area (Å²) < 4.78 is 0. The van der Waals surface area contributed by atoms with E-state index in [0.717, 1.165) is 0 Å². The molecular formula is C18H30. The van der Waals surface area contributed by atoms with Gasteiger partial charge in [0.05, 0.1) is 0 Å². The van der Waals surface area contributed by atoms with E-state index in [1.165, 1.54) is 19.3 Å². The molecule has 0 amide bonds. The maximum absolute atomic E-state index is 3.57. The molecule has 0 aromatic heterocycles. The summed E-state index contributed by atoms with van der Waals surface area (Å²) in [7, 11) is 0. The monoisotopic (exact) mass is 246 g/mol.